The topological polar surface area (TPSA) is 112 Å². The molecule has 0 aromatic heterocycles. The first-order valence-electron chi connectivity index (χ1n) is 6.43. The smallest absolute Gasteiger partial charge is 0.318 e. The highest BCUT2D eigenvalue weighted by Gasteiger charge is 2.29. The zero-order valence-corrected chi connectivity index (χ0v) is 13.5. The van der Waals surface area contributed by atoms with Gasteiger partial charge in [-0.1, -0.05) is 0 Å². The van der Waals surface area contributed by atoms with E-state index in [4.69, 9.17) is 5.11 Å². The van der Waals surface area contributed by atoms with Crippen molar-refractivity contribution in [1.82, 2.24) is 4.31 Å². The van der Waals surface area contributed by atoms with Gasteiger partial charge in [0.2, 0.25) is 20.0 Å². The van der Waals surface area contributed by atoms with Crippen LogP contribution in [0.3, 0.4) is 0 Å². The molecule has 1 saturated heterocycles. The number of carbonyl (C=O) groups is 1. The first-order valence-corrected chi connectivity index (χ1v) is 9.48. The third-order valence-electron chi connectivity index (χ3n) is 3.29. The predicted molar refractivity (Wildman–Crippen MR) is 79.6 cm³/mol. The molecule has 8 nitrogen and oxygen atoms in total. The van der Waals surface area contributed by atoms with Crippen molar-refractivity contribution in [3.05, 3.63) is 24.3 Å². The van der Waals surface area contributed by atoms with Crippen molar-refractivity contribution in [2.45, 2.75) is 11.3 Å². The number of carboxylic acids is 1. The third-order valence-corrected chi connectivity index (χ3v) is 6.98. The lowest BCUT2D eigenvalue weighted by Gasteiger charge is -2.18. The Labute approximate surface area is 129 Å². The molecule has 1 N–H and O–H groups in total. The second-order valence-corrected chi connectivity index (χ2v) is 8.95. The minimum atomic E-state index is -3.92. The highest BCUT2D eigenvalue weighted by atomic mass is 32.2. The van der Waals surface area contributed by atoms with E-state index in [0.29, 0.717) is 18.7 Å². The molecule has 1 aromatic rings. The summed E-state index contributed by atoms with van der Waals surface area (Å²) in [6.07, 6.45) is 0.531. The molecule has 0 amide bonds. The number of carboxylic acid groups (broad SMARTS) is 1. The fourth-order valence-corrected chi connectivity index (χ4v) is 4.85. The van der Waals surface area contributed by atoms with E-state index in [1.807, 2.05) is 0 Å². The van der Waals surface area contributed by atoms with Gasteiger partial charge in [-0.15, -0.1) is 0 Å². The number of hydrogen-bond acceptors (Lipinski definition) is 5. The monoisotopic (exact) mass is 348 g/mol. The summed E-state index contributed by atoms with van der Waals surface area (Å²) in [6, 6.07) is 5.36. The van der Waals surface area contributed by atoms with E-state index in [1.54, 1.807) is 0 Å². The highest BCUT2D eigenvalue weighted by molar-refractivity contribution is 7.93. The van der Waals surface area contributed by atoms with Gasteiger partial charge in [-0.05, 0) is 30.7 Å². The maximum atomic E-state index is 12.2. The molecule has 0 bridgehead atoms. The fourth-order valence-electron chi connectivity index (χ4n) is 2.17. The first-order chi connectivity index (χ1) is 10.1. The molecule has 1 heterocycles. The number of likely N-dealkylation sites (N-methyl/N-ethyl adjacent to an activating group) is 1. The Hall–Kier alpha value is -1.65. The number of benzene rings is 1. The Morgan fingerprint density at radius 3 is 2.36 bits per heavy atom. The van der Waals surface area contributed by atoms with E-state index in [1.165, 1.54) is 35.6 Å². The summed E-state index contributed by atoms with van der Waals surface area (Å²) in [7, 11) is -6.07. The van der Waals surface area contributed by atoms with Crippen LogP contribution >= 0.6 is 0 Å². The van der Waals surface area contributed by atoms with Crippen molar-refractivity contribution >= 4 is 31.7 Å². The van der Waals surface area contributed by atoms with Crippen LogP contribution in [0.15, 0.2) is 29.2 Å². The summed E-state index contributed by atoms with van der Waals surface area (Å²) in [4.78, 5) is 10.5. The molecule has 1 aliphatic rings. The molecule has 0 atom stereocenters. The van der Waals surface area contributed by atoms with E-state index < -0.39 is 32.6 Å². The van der Waals surface area contributed by atoms with Gasteiger partial charge >= 0.3 is 5.97 Å². The zero-order valence-electron chi connectivity index (χ0n) is 11.8. The maximum absolute atomic E-state index is 12.2. The van der Waals surface area contributed by atoms with Crippen LogP contribution in [0, 0.1) is 0 Å². The lowest BCUT2D eigenvalue weighted by molar-refractivity contribution is -0.137. The second kappa shape index (κ2) is 5.86. The van der Waals surface area contributed by atoms with Crippen LogP contribution < -0.4 is 4.31 Å². The second-order valence-electron chi connectivity index (χ2n) is 4.89. The molecule has 0 spiro atoms. The van der Waals surface area contributed by atoms with Crippen LogP contribution in [-0.2, 0) is 24.8 Å². The minimum absolute atomic E-state index is 0.0778. The van der Waals surface area contributed by atoms with E-state index in [9.17, 15) is 21.6 Å². The Balaban J connectivity index is 2.27. The van der Waals surface area contributed by atoms with Gasteiger partial charge in [0, 0.05) is 13.6 Å². The van der Waals surface area contributed by atoms with Gasteiger partial charge in [0.1, 0.15) is 6.54 Å². The van der Waals surface area contributed by atoms with Crippen LogP contribution in [0.4, 0.5) is 5.69 Å². The summed E-state index contributed by atoms with van der Waals surface area (Å²) in [5.41, 5.74) is 0.400. The van der Waals surface area contributed by atoms with Crippen molar-refractivity contribution < 1.29 is 26.7 Å². The molecule has 122 valence electrons. The van der Waals surface area contributed by atoms with Gasteiger partial charge in [0.05, 0.1) is 16.3 Å². The normalized spacial score (nSPS) is 17.8. The average Bonchev–Trinajstić information content (AvgIpc) is 2.77. The molecule has 0 saturated carbocycles. The van der Waals surface area contributed by atoms with E-state index >= 15 is 0 Å². The molecule has 0 unspecified atom stereocenters. The lowest BCUT2D eigenvalue weighted by Crippen LogP contribution is -2.32. The van der Waals surface area contributed by atoms with Gasteiger partial charge in [-0.2, -0.15) is 4.31 Å². The molecule has 10 heteroatoms. The number of nitrogens with zero attached hydrogens (tertiary/aromatic N) is 2. The lowest BCUT2D eigenvalue weighted by atomic mass is 10.3. The zero-order chi connectivity index (χ0) is 16.5. The van der Waals surface area contributed by atoms with Gasteiger partial charge < -0.3 is 5.11 Å². The Morgan fingerprint density at radius 2 is 1.91 bits per heavy atom. The third kappa shape index (κ3) is 3.23. The Kier molecular flexibility index (Phi) is 4.45. The van der Waals surface area contributed by atoms with Crippen molar-refractivity contribution in [2.24, 2.45) is 0 Å². The van der Waals surface area contributed by atoms with Gasteiger partial charge in [0.15, 0.2) is 0 Å². The molecular weight excluding hydrogens is 332 g/mol. The first kappa shape index (κ1) is 16.7. The minimum Gasteiger partial charge on any atom is -0.480 e. The largest absolute Gasteiger partial charge is 0.480 e. The standard InChI is InChI=1S/C12H16N2O6S2/c1-13(9-12(15)16)22(19,20)11-5-3-10(4-6-11)14-7-2-8-21(14,17)18/h3-6H,2,7-9H2,1H3,(H,15,16). The van der Waals surface area contributed by atoms with Crippen molar-refractivity contribution in [3.63, 3.8) is 0 Å². The summed E-state index contributed by atoms with van der Waals surface area (Å²) < 4.78 is 49.9. The summed E-state index contributed by atoms with van der Waals surface area (Å²) >= 11 is 0. The number of aliphatic carboxylic acids is 1. The number of rotatable bonds is 5. The van der Waals surface area contributed by atoms with Crippen LogP contribution in [-0.4, -0.2) is 58.1 Å². The summed E-state index contributed by atoms with van der Waals surface area (Å²) in [6.45, 7) is -0.280. The van der Waals surface area contributed by atoms with E-state index in [-0.39, 0.29) is 10.6 Å². The van der Waals surface area contributed by atoms with Crippen molar-refractivity contribution in [2.75, 3.05) is 30.2 Å². The number of hydrogen-bond donors (Lipinski definition) is 1. The van der Waals surface area contributed by atoms with E-state index in [2.05, 4.69) is 0 Å². The van der Waals surface area contributed by atoms with Crippen LogP contribution in [0.2, 0.25) is 0 Å². The van der Waals surface area contributed by atoms with Crippen LogP contribution in [0.1, 0.15) is 6.42 Å². The van der Waals surface area contributed by atoms with Crippen molar-refractivity contribution in [3.8, 4) is 0 Å². The molecule has 0 aliphatic carbocycles. The molecule has 22 heavy (non-hydrogen) atoms. The van der Waals surface area contributed by atoms with Crippen LogP contribution in [0.5, 0.6) is 0 Å². The van der Waals surface area contributed by atoms with Gasteiger partial charge in [0.25, 0.3) is 0 Å². The maximum Gasteiger partial charge on any atom is 0.318 e. The molecule has 0 radical (unpaired) electrons. The van der Waals surface area contributed by atoms with Crippen molar-refractivity contribution in [1.29, 1.82) is 0 Å². The molecule has 1 aliphatic heterocycles. The Bertz CT molecular complexity index is 770. The fraction of sp³-hybridized carbons (Fsp3) is 0.417. The average molecular weight is 348 g/mol. The Morgan fingerprint density at radius 1 is 1.32 bits per heavy atom. The molecule has 2 rings (SSSR count). The number of anilines is 1. The highest BCUT2D eigenvalue weighted by Crippen LogP contribution is 2.25. The predicted octanol–water partition coefficient (Wildman–Crippen LogP) is -0.0684. The van der Waals surface area contributed by atoms with Gasteiger partial charge in [-0.25, -0.2) is 16.8 Å². The van der Waals surface area contributed by atoms with Crippen LogP contribution in [0.25, 0.3) is 0 Å². The molecule has 1 aromatic carbocycles. The molecular formula is C12H16N2O6S2. The summed E-state index contributed by atoms with van der Waals surface area (Å²) in [5, 5.41) is 8.66. The number of sulfonamides is 2. The quantitative estimate of drug-likeness (QED) is 0.797. The van der Waals surface area contributed by atoms with Gasteiger partial charge in [-0.3, -0.25) is 9.10 Å². The summed E-state index contributed by atoms with van der Waals surface area (Å²) in [5.74, 6) is -1.18. The molecule has 1 fully saturated rings. The SMILES string of the molecule is CN(CC(=O)O)S(=O)(=O)c1ccc(N2CCCS2(=O)=O)cc1. The van der Waals surface area contributed by atoms with E-state index in [0.717, 1.165) is 4.31 Å².